The number of aromatic nitrogens is 2. The largest absolute Gasteiger partial charge is 0.416 e. The first-order valence-corrected chi connectivity index (χ1v) is 13.8. The van der Waals surface area contributed by atoms with Crippen LogP contribution in [-0.4, -0.2) is 59.9 Å². The van der Waals surface area contributed by atoms with Crippen LogP contribution < -0.4 is 20.9 Å². The zero-order valence-electron chi connectivity index (χ0n) is 23.3. The molecule has 3 aromatic carbocycles. The molecule has 0 atom stereocenters. The van der Waals surface area contributed by atoms with Gasteiger partial charge in [0.1, 0.15) is 5.82 Å². The number of rotatable bonds is 7. The Labute approximate surface area is 254 Å². The topological polar surface area (TPSA) is 102 Å². The maximum atomic E-state index is 14.1. The van der Waals surface area contributed by atoms with E-state index in [-0.39, 0.29) is 22.0 Å². The molecule has 228 valence electrons. The van der Waals surface area contributed by atoms with E-state index in [1.807, 2.05) is 24.3 Å². The van der Waals surface area contributed by atoms with Crippen molar-refractivity contribution in [3.8, 4) is 0 Å². The van der Waals surface area contributed by atoms with E-state index in [0.29, 0.717) is 24.1 Å². The van der Waals surface area contributed by atoms with Gasteiger partial charge in [0.2, 0.25) is 5.95 Å². The van der Waals surface area contributed by atoms with Crippen LogP contribution in [-0.2, 0) is 6.18 Å². The highest BCUT2D eigenvalue weighted by Crippen LogP contribution is 2.31. The molecular formula is C30H26ClF4N7O2. The number of carbonyl (C=O) groups excluding carboxylic acids is 2. The molecule has 3 N–H and O–H groups in total. The van der Waals surface area contributed by atoms with Crippen molar-refractivity contribution < 1.29 is 27.2 Å². The number of benzene rings is 3. The number of carbonyl (C=O) groups is 2. The lowest BCUT2D eigenvalue weighted by molar-refractivity contribution is -0.137. The van der Waals surface area contributed by atoms with Crippen molar-refractivity contribution in [3.05, 3.63) is 101 Å². The van der Waals surface area contributed by atoms with Crippen LogP contribution in [0.2, 0.25) is 5.02 Å². The fourth-order valence-electron chi connectivity index (χ4n) is 4.46. The van der Waals surface area contributed by atoms with E-state index < -0.39 is 34.9 Å². The summed E-state index contributed by atoms with van der Waals surface area (Å²) in [5, 5.41) is 8.03. The van der Waals surface area contributed by atoms with Crippen LogP contribution in [0.5, 0.6) is 0 Å². The maximum Gasteiger partial charge on any atom is 0.416 e. The first-order valence-electron chi connectivity index (χ1n) is 13.4. The Morgan fingerprint density at radius 2 is 1.41 bits per heavy atom. The maximum absolute atomic E-state index is 14.1. The monoisotopic (exact) mass is 627 g/mol. The van der Waals surface area contributed by atoms with Gasteiger partial charge in [0.05, 0.1) is 39.8 Å². The summed E-state index contributed by atoms with van der Waals surface area (Å²) in [6, 6.07) is 13.3. The molecule has 2 heterocycles. The van der Waals surface area contributed by atoms with Gasteiger partial charge in [0.15, 0.2) is 0 Å². The lowest BCUT2D eigenvalue weighted by Gasteiger charge is -2.34. The Kier molecular flexibility index (Phi) is 8.97. The molecule has 0 spiro atoms. The predicted molar refractivity (Wildman–Crippen MR) is 160 cm³/mol. The Morgan fingerprint density at radius 1 is 0.795 bits per heavy atom. The average molecular weight is 628 g/mol. The van der Waals surface area contributed by atoms with Gasteiger partial charge in [-0.25, -0.2) is 14.4 Å². The van der Waals surface area contributed by atoms with E-state index in [4.69, 9.17) is 11.6 Å². The molecule has 1 aliphatic heterocycles. The second-order valence-corrected chi connectivity index (χ2v) is 10.5. The highest BCUT2D eigenvalue weighted by atomic mass is 35.5. The number of hydrogen-bond donors (Lipinski definition) is 3. The summed E-state index contributed by atoms with van der Waals surface area (Å²) < 4.78 is 53.2. The molecule has 0 aliphatic carbocycles. The van der Waals surface area contributed by atoms with E-state index >= 15 is 0 Å². The number of piperazine rings is 1. The Hall–Kier alpha value is -4.75. The summed E-state index contributed by atoms with van der Waals surface area (Å²) in [6.07, 6.45) is -1.98. The summed E-state index contributed by atoms with van der Waals surface area (Å²) >= 11 is 6.18. The minimum Gasteiger partial charge on any atom is -0.369 e. The Balaban J connectivity index is 1.21. The van der Waals surface area contributed by atoms with Crippen LogP contribution in [0, 0.1) is 5.82 Å². The third kappa shape index (κ3) is 7.41. The number of likely N-dealkylation sites (N-methyl/N-ethyl adjacent to an activating group) is 1. The minimum atomic E-state index is -4.76. The molecule has 1 saturated heterocycles. The lowest BCUT2D eigenvalue weighted by Crippen LogP contribution is -2.44. The highest BCUT2D eigenvalue weighted by molar-refractivity contribution is 6.34. The molecule has 0 saturated carbocycles. The minimum absolute atomic E-state index is 0.0100. The van der Waals surface area contributed by atoms with E-state index in [1.165, 1.54) is 30.6 Å². The number of amides is 2. The number of nitrogens with zero attached hydrogens (tertiary/aromatic N) is 4. The van der Waals surface area contributed by atoms with Crippen molar-refractivity contribution in [2.24, 2.45) is 0 Å². The van der Waals surface area contributed by atoms with E-state index in [9.17, 15) is 27.2 Å². The van der Waals surface area contributed by atoms with Gasteiger partial charge in [-0.2, -0.15) is 13.2 Å². The molecule has 4 aromatic rings. The molecule has 0 radical (unpaired) electrons. The third-order valence-electron chi connectivity index (χ3n) is 6.91. The predicted octanol–water partition coefficient (Wildman–Crippen LogP) is 6.29. The number of hydrogen-bond acceptors (Lipinski definition) is 7. The van der Waals surface area contributed by atoms with Gasteiger partial charge in [0, 0.05) is 43.2 Å². The smallest absolute Gasteiger partial charge is 0.369 e. The fourth-order valence-corrected chi connectivity index (χ4v) is 4.66. The van der Waals surface area contributed by atoms with Crippen molar-refractivity contribution in [2.75, 3.05) is 54.1 Å². The van der Waals surface area contributed by atoms with Gasteiger partial charge in [0.25, 0.3) is 11.8 Å². The second-order valence-electron chi connectivity index (χ2n) is 10.1. The fraction of sp³-hybridized carbons (Fsp3) is 0.200. The van der Waals surface area contributed by atoms with Gasteiger partial charge in [-0.05, 0) is 67.7 Å². The Morgan fingerprint density at radius 3 is 2.07 bits per heavy atom. The van der Waals surface area contributed by atoms with Crippen LogP contribution >= 0.6 is 11.6 Å². The summed E-state index contributed by atoms with van der Waals surface area (Å²) in [4.78, 5) is 38.6. The molecule has 1 aromatic heterocycles. The van der Waals surface area contributed by atoms with Crippen molar-refractivity contribution >= 4 is 52.1 Å². The van der Waals surface area contributed by atoms with Gasteiger partial charge in [-0.15, -0.1) is 0 Å². The molecule has 1 fully saturated rings. The van der Waals surface area contributed by atoms with E-state index in [2.05, 4.69) is 42.8 Å². The molecule has 5 rings (SSSR count). The van der Waals surface area contributed by atoms with Crippen molar-refractivity contribution in [3.63, 3.8) is 0 Å². The number of nitrogens with one attached hydrogen (secondary N) is 3. The standard InChI is InChI=1S/C30H26ClF4N7O2/c1-41-10-12-42(13-11-41)22-6-3-19(4-7-22)40-29-36-16-21(17-37-29)39-27(43)23-15-20(5-8-25(23)31)38-28(44)24-14-18(30(33,34)35)2-9-26(24)32/h2-9,14-17H,10-13H2,1H3,(H,38,44)(H,39,43)(H,36,37,40). The third-order valence-corrected chi connectivity index (χ3v) is 7.24. The van der Waals surface area contributed by atoms with Gasteiger partial charge in [-0.1, -0.05) is 11.6 Å². The zero-order valence-corrected chi connectivity index (χ0v) is 24.0. The van der Waals surface area contributed by atoms with Crippen molar-refractivity contribution in [1.82, 2.24) is 14.9 Å². The Bertz CT molecular complexity index is 1660. The van der Waals surface area contributed by atoms with Crippen LogP contribution in [0.25, 0.3) is 0 Å². The summed E-state index contributed by atoms with van der Waals surface area (Å²) in [5.74, 6) is -2.63. The number of halogens is 5. The molecule has 44 heavy (non-hydrogen) atoms. The number of alkyl halides is 3. The van der Waals surface area contributed by atoms with Crippen molar-refractivity contribution in [2.45, 2.75) is 6.18 Å². The normalized spacial score (nSPS) is 13.8. The summed E-state index contributed by atoms with van der Waals surface area (Å²) in [6.45, 7) is 3.94. The molecule has 1 aliphatic rings. The lowest BCUT2D eigenvalue weighted by atomic mass is 10.1. The van der Waals surface area contributed by atoms with Crippen LogP contribution in [0.4, 0.5) is 46.3 Å². The molecular weight excluding hydrogens is 602 g/mol. The average Bonchev–Trinajstić information content (AvgIpc) is 2.99. The van der Waals surface area contributed by atoms with Gasteiger partial charge in [-0.3, -0.25) is 9.59 Å². The van der Waals surface area contributed by atoms with Gasteiger partial charge < -0.3 is 25.8 Å². The van der Waals surface area contributed by atoms with Crippen LogP contribution in [0.15, 0.2) is 73.1 Å². The first-order chi connectivity index (χ1) is 21.0. The molecule has 2 amide bonds. The second kappa shape index (κ2) is 12.9. The summed E-state index contributed by atoms with van der Waals surface area (Å²) in [5.41, 5.74) is 0.137. The van der Waals surface area contributed by atoms with E-state index in [0.717, 1.165) is 37.6 Å². The van der Waals surface area contributed by atoms with E-state index in [1.54, 1.807) is 0 Å². The SMILES string of the molecule is CN1CCN(c2ccc(Nc3ncc(NC(=O)c4cc(NC(=O)c5cc(C(F)(F)F)ccc5F)ccc4Cl)cn3)cc2)CC1. The zero-order chi connectivity index (χ0) is 31.4. The molecule has 14 heteroatoms. The molecule has 9 nitrogen and oxygen atoms in total. The van der Waals surface area contributed by atoms with Crippen LogP contribution in [0.1, 0.15) is 26.3 Å². The first kappa shape index (κ1) is 30.7. The molecule has 0 bridgehead atoms. The number of anilines is 5. The quantitative estimate of drug-likeness (QED) is 0.207. The molecule has 0 unspecified atom stereocenters. The van der Waals surface area contributed by atoms with Crippen LogP contribution in [0.3, 0.4) is 0 Å². The summed E-state index contributed by atoms with van der Waals surface area (Å²) in [7, 11) is 2.11. The van der Waals surface area contributed by atoms with Gasteiger partial charge >= 0.3 is 6.18 Å². The highest BCUT2D eigenvalue weighted by Gasteiger charge is 2.32. The van der Waals surface area contributed by atoms with Crippen molar-refractivity contribution in [1.29, 1.82) is 0 Å².